The molecule has 0 saturated carbocycles. The molecule has 2 aromatic rings. The molecule has 0 radical (unpaired) electrons. The van der Waals surface area contributed by atoms with Crippen molar-refractivity contribution in [2.75, 3.05) is 25.3 Å². The van der Waals surface area contributed by atoms with Crippen LogP contribution in [0.4, 0.5) is 5.13 Å². The maximum atomic E-state index is 4.52. The molecule has 0 saturated heterocycles. The quantitative estimate of drug-likeness (QED) is 0.729. The predicted molar refractivity (Wildman–Crippen MR) is 65.7 cm³/mol. The zero-order valence-electron chi connectivity index (χ0n) is 8.44. The van der Waals surface area contributed by atoms with Gasteiger partial charge >= 0.3 is 0 Å². The largest absolute Gasteiger partial charge is 0.354 e. The van der Waals surface area contributed by atoms with Gasteiger partial charge in [-0.05, 0) is 24.5 Å². The second kappa shape index (κ2) is 3.79. The SMILES string of the molecule is CSc1ccc2nc(N(C)C)sc2c1. The van der Waals surface area contributed by atoms with Crippen molar-refractivity contribution < 1.29 is 0 Å². The van der Waals surface area contributed by atoms with Crippen LogP contribution in [0.2, 0.25) is 0 Å². The summed E-state index contributed by atoms with van der Waals surface area (Å²) in [6.45, 7) is 0. The lowest BCUT2D eigenvalue weighted by molar-refractivity contribution is 1.11. The van der Waals surface area contributed by atoms with Crippen molar-refractivity contribution in [3.63, 3.8) is 0 Å². The molecule has 0 N–H and O–H groups in total. The van der Waals surface area contributed by atoms with E-state index in [-0.39, 0.29) is 0 Å². The van der Waals surface area contributed by atoms with Crippen LogP contribution in [0, 0.1) is 0 Å². The minimum atomic E-state index is 1.07. The number of hydrogen-bond donors (Lipinski definition) is 0. The highest BCUT2D eigenvalue weighted by atomic mass is 32.2. The summed E-state index contributed by atoms with van der Waals surface area (Å²) < 4.78 is 1.26. The Morgan fingerprint density at radius 1 is 1.36 bits per heavy atom. The lowest BCUT2D eigenvalue weighted by Crippen LogP contribution is -2.07. The summed E-state index contributed by atoms with van der Waals surface area (Å²) in [6, 6.07) is 6.40. The topological polar surface area (TPSA) is 16.1 Å². The number of fused-ring (bicyclic) bond motifs is 1. The molecule has 2 nitrogen and oxygen atoms in total. The molecule has 0 unspecified atom stereocenters. The highest BCUT2D eigenvalue weighted by molar-refractivity contribution is 7.98. The number of rotatable bonds is 2. The molecule has 4 heteroatoms. The van der Waals surface area contributed by atoms with E-state index in [4.69, 9.17) is 0 Å². The molecule has 0 aliphatic carbocycles. The van der Waals surface area contributed by atoms with Crippen LogP contribution in [0.15, 0.2) is 23.1 Å². The number of hydrogen-bond acceptors (Lipinski definition) is 4. The standard InChI is InChI=1S/C10H12N2S2/c1-12(2)10-11-8-5-4-7(13-3)6-9(8)14-10/h4-6H,1-3H3. The van der Waals surface area contributed by atoms with Gasteiger partial charge in [0.2, 0.25) is 0 Å². The van der Waals surface area contributed by atoms with Crippen LogP contribution in [0.1, 0.15) is 0 Å². The second-order valence-electron chi connectivity index (χ2n) is 3.22. The fraction of sp³-hybridized carbons (Fsp3) is 0.300. The number of anilines is 1. The Bertz CT molecular complexity index is 448. The Labute approximate surface area is 92.0 Å². The van der Waals surface area contributed by atoms with Gasteiger partial charge in [-0.25, -0.2) is 4.98 Å². The number of benzene rings is 1. The highest BCUT2D eigenvalue weighted by Gasteiger charge is 2.05. The van der Waals surface area contributed by atoms with Gasteiger partial charge < -0.3 is 4.90 Å². The molecule has 0 aliphatic rings. The normalized spacial score (nSPS) is 10.8. The summed E-state index contributed by atoms with van der Waals surface area (Å²) >= 11 is 3.50. The van der Waals surface area contributed by atoms with E-state index in [1.165, 1.54) is 9.60 Å². The molecule has 0 aliphatic heterocycles. The van der Waals surface area contributed by atoms with Crippen LogP contribution in [-0.2, 0) is 0 Å². The maximum absolute atomic E-state index is 4.52. The van der Waals surface area contributed by atoms with Crippen LogP contribution >= 0.6 is 23.1 Å². The Morgan fingerprint density at radius 2 is 2.14 bits per heavy atom. The summed E-state index contributed by atoms with van der Waals surface area (Å²) in [5, 5.41) is 1.07. The maximum Gasteiger partial charge on any atom is 0.185 e. The van der Waals surface area contributed by atoms with E-state index in [1.807, 2.05) is 19.0 Å². The van der Waals surface area contributed by atoms with Gasteiger partial charge in [-0.3, -0.25) is 0 Å². The van der Waals surface area contributed by atoms with Crippen LogP contribution in [0.25, 0.3) is 10.2 Å². The Kier molecular flexibility index (Phi) is 2.65. The third kappa shape index (κ3) is 1.72. The molecule has 2 rings (SSSR count). The van der Waals surface area contributed by atoms with Gasteiger partial charge in [-0.1, -0.05) is 11.3 Å². The van der Waals surface area contributed by atoms with Crippen LogP contribution in [-0.4, -0.2) is 25.3 Å². The minimum absolute atomic E-state index is 1.07. The molecule has 0 bridgehead atoms. The van der Waals surface area contributed by atoms with Crippen LogP contribution in [0.3, 0.4) is 0 Å². The number of thioether (sulfide) groups is 1. The Morgan fingerprint density at radius 3 is 2.79 bits per heavy atom. The number of aromatic nitrogens is 1. The van der Waals surface area contributed by atoms with Crippen LogP contribution in [0.5, 0.6) is 0 Å². The molecule has 1 aromatic heterocycles. The van der Waals surface area contributed by atoms with Gasteiger partial charge in [0, 0.05) is 19.0 Å². The van der Waals surface area contributed by atoms with Crippen LogP contribution < -0.4 is 4.90 Å². The van der Waals surface area contributed by atoms with Gasteiger partial charge in [0.25, 0.3) is 0 Å². The summed E-state index contributed by atoms with van der Waals surface area (Å²) in [6.07, 6.45) is 2.09. The zero-order valence-corrected chi connectivity index (χ0v) is 10.1. The molecule has 74 valence electrons. The molecule has 0 amide bonds. The molecular formula is C10H12N2S2. The molecular weight excluding hydrogens is 212 g/mol. The van der Waals surface area contributed by atoms with Crippen molar-refractivity contribution in [3.05, 3.63) is 18.2 Å². The van der Waals surface area contributed by atoms with Gasteiger partial charge in [0.15, 0.2) is 5.13 Å². The molecule has 14 heavy (non-hydrogen) atoms. The van der Waals surface area contributed by atoms with Gasteiger partial charge in [-0.2, -0.15) is 0 Å². The average Bonchev–Trinajstić information content (AvgIpc) is 2.59. The average molecular weight is 224 g/mol. The third-order valence-corrected chi connectivity index (χ3v) is 3.88. The smallest absolute Gasteiger partial charge is 0.185 e. The third-order valence-electron chi connectivity index (χ3n) is 1.97. The molecule has 1 aromatic carbocycles. The molecule has 0 fully saturated rings. The first-order valence-electron chi connectivity index (χ1n) is 4.32. The van der Waals surface area contributed by atoms with Crippen molar-refractivity contribution >= 4 is 38.4 Å². The highest BCUT2D eigenvalue weighted by Crippen LogP contribution is 2.30. The fourth-order valence-electron chi connectivity index (χ4n) is 1.21. The zero-order chi connectivity index (χ0) is 10.1. The molecule has 0 spiro atoms. The summed E-state index contributed by atoms with van der Waals surface area (Å²) in [7, 11) is 4.04. The van der Waals surface area contributed by atoms with E-state index in [0.717, 1.165) is 10.6 Å². The van der Waals surface area contributed by atoms with Crippen molar-refractivity contribution in [2.24, 2.45) is 0 Å². The second-order valence-corrected chi connectivity index (χ2v) is 5.11. The lowest BCUT2D eigenvalue weighted by Gasteiger charge is -2.04. The Hall–Kier alpha value is -0.740. The molecule has 0 atom stereocenters. The van der Waals surface area contributed by atoms with Crippen molar-refractivity contribution in [1.82, 2.24) is 4.98 Å². The van der Waals surface area contributed by atoms with E-state index in [2.05, 4.69) is 29.4 Å². The first-order chi connectivity index (χ1) is 6.70. The van der Waals surface area contributed by atoms with E-state index >= 15 is 0 Å². The van der Waals surface area contributed by atoms with E-state index < -0.39 is 0 Å². The van der Waals surface area contributed by atoms with E-state index in [9.17, 15) is 0 Å². The van der Waals surface area contributed by atoms with Crippen molar-refractivity contribution in [3.8, 4) is 0 Å². The minimum Gasteiger partial charge on any atom is -0.354 e. The van der Waals surface area contributed by atoms with Crippen molar-refractivity contribution in [2.45, 2.75) is 4.90 Å². The number of nitrogens with zero attached hydrogens (tertiary/aromatic N) is 2. The monoisotopic (exact) mass is 224 g/mol. The van der Waals surface area contributed by atoms with Gasteiger partial charge in [0.05, 0.1) is 10.2 Å². The first kappa shape index (κ1) is 9.80. The summed E-state index contributed by atoms with van der Waals surface area (Å²) in [5.41, 5.74) is 1.09. The summed E-state index contributed by atoms with van der Waals surface area (Å²) in [4.78, 5) is 7.87. The summed E-state index contributed by atoms with van der Waals surface area (Å²) in [5.74, 6) is 0. The van der Waals surface area contributed by atoms with E-state index in [1.54, 1.807) is 23.1 Å². The van der Waals surface area contributed by atoms with Crippen molar-refractivity contribution in [1.29, 1.82) is 0 Å². The molecule has 1 heterocycles. The predicted octanol–water partition coefficient (Wildman–Crippen LogP) is 3.08. The Balaban J connectivity index is 2.54. The lowest BCUT2D eigenvalue weighted by atomic mass is 10.3. The first-order valence-corrected chi connectivity index (χ1v) is 6.37. The number of thiazole rings is 1. The fourth-order valence-corrected chi connectivity index (χ4v) is 2.65. The van der Waals surface area contributed by atoms with E-state index in [0.29, 0.717) is 0 Å². The van der Waals surface area contributed by atoms with Gasteiger partial charge in [-0.15, -0.1) is 11.8 Å². The van der Waals surface area contributed by atoms with Gasteiger partial charge in [0.1, 0.15) is 0 Å².